The molecule has 0 bridgehead atoms. The second kappa shape index (κ2) is 12.4. The van der Waals surface area contributed by atoms with Crippen LogP contribution in [0, 0.1) is 5.41 Å². The van der Waals surface area contributed by atoms with Crippen molar-refractivity contribution in [2.75, 3.05) is 20.8 Å². The molecule has 0 aliphatic carbocycles. The number of nitrogens with one attached hydrogen (secondary N) is 1. The molecule has 1 N–H and O–H groups in total. The van der Waals surface area contributed by atoms with Crippen LogP contribution in [0.3, 0.4) is 0 Å². The number of methoxy groups -OCH3 is 2. The van der Waals surface area contributed by atoms with Gasteiger partial charge in [0.1, 0.15) is 29.5 Å². The first kappa shape index (κ1) is 31.5. The Morgan fingerprint density at radius 1 is 0.977 bits per heavy atom. The Morgan fingerprint density at radius 2 is 1.67 bits per heavy atom. The predicted molar refractivity (Wildman–Crippen MR) is 161 cm³/mol. The van der Waals surface area contributed by atoms with Gasteiger partial charge >= 0.3 is 12.1 Å². The van der Waals surface area contributed by atoms with Gasteiger partial charge in [0.25, 0.3) is 0 Å². The summed E-state index contributed by atoms with van der Waals surface area (Å²) < 4.78 is 22.3. The van der Waals surface area contributed by atoms with Gasteiger partial charge in [-0.05, 0) is 44.4 Å². The lowest BCUT2D eigenvalue weighted by atomic mass is 9.85. The Balaban J connectivity index is 1.67. The zero-order chi connectivity index (χ0) is 31.5. The number of nitrogens with zero attached hydrogens (tertiary/aromatic N) is 3. The first-order valence-electron chi connectivity index (χ1n) is 14.2. The van der Waals surface area contributed by atoms with Crippen LogP contribution < -0.4 is 14.8 Å². The summed E-state index contributed by atoms with van der Waals surface area (Å²) in [5.74, 6) is 0.343. The van der Waals surface area contributed by atoms with E-state index < -0.39 is 47.2 Å². The van der Waals surface area contributed by atoms with Crippen molar-refractivity contribution < 1.29 is 33.3 Å². The van der Waals surface area contributed by atoms with Crippen LogP contribution in [0.25, 0.3) is 22.3 Å². The highest BCUT2D eigenvalue weighted by Crippen LogP contribution is 2.33. The average Bonchev–Trinajstić information content (AvgIpc) is 3.37. The normalized spacial score (nSPS) is 17.7. The lowest BCUT2D eigenvalue weighted by Crippen LogP contribution is -2.57. The molecule has 1 aromatic heterocycles. The molecule has 11 heteroatoms. The van der Waals surface area contributed by atoms with Crippen molar-refractivity contribution in [1.82, 2.24) is 20.2 Å². The summed E-state index contributed by atoms with van der Waals surface area (Å²) in [5, 5.41) is 3.34. The van der Waals surface area contributed by atoms with E-state index in [4.69, 9.17) is 28.9 Å². The molecule has 1 aliphatic rings. The number of ether oxygens (including phenoxy) is 4. The van der Waals surface area contributed by atoms with Gasteiger partial charge in [0.05, 0.1) is 31.7 Å². The van der Waals surface area contributed by atoms with Gasteiger partial charge in [0.15, 0.2) is 5.82 Å². The third-order valence-electron chi connectivity index (χ3n) is 6.97. The van der Waals surface area contributed by atoms with Crippen molar-refractivity contribution in [2.45, 2.75) is 71.8 Å². The molecule has 43 heavy (non-hydrogen) atoms. The summed E-state index contributed by atoms with van der Waals surface area (Å²) in [6.45, 7) is 10.8. The number of alkyl carbamates (subject to hydrolysis) is 1. The third-order valence-corrected chi connectivity index (χ3v) is 6.97. The molecule has 2 unspecified atom stereocenters. The molecule has 4 rings (SSSR count). The number of benzene rings is 2. The Bertz CT molecular complexity index is 1480. The van der Waals surface area contributed by atoms with E-state index in [0.29, 0.717) is 28.4 Å². The highest BCUT2D eigenvalue weighted by molar-refractivity contribution is 5.91. The summed E-state index contributed by atoms with van der Waals surface area (Å²) in [6, 6.07) is 13.0. The molecule has 0 spiro atoms. The van der Waals surface area contributed by atoms with Crippen LogP contribution in [-0.2, 0) is 19.1 Å². The van der Waals surface area contributed by atoms with Crippen molar-refractivity contribution in [3.05, 3.63) is 48.5 Å². The summed E-state index contributed by atoms with van der Waals surface area (Å²) in [5.41, 5.74) is 0.00650. The maximum Gasteiger partial charge on any atom is 0.408 e. The maximum atomic E-state index is 14.0. The number of carbonyl (C=O) groups excluding carboxylic acids is 3. The van der Waals surface area contributed by atoms with Crippen molar-refractivity contribution in [3.63, 3.8) is 0 Å². The van der Waals surface area contributed by atoms with Crippen LogP contribution in [0.2, 0.25) is 0 Å². The number of hydrogen-bond donors (Lipinski definition) is 1. The Hall–Kier alpha value is -4.41. The van der Waals surface area contributed by atoms with Crippen LogP contribution in [0.15, 0.2) is 48.5 Å². The largest absolute Gasteiger partial charge is 0.497 e. The van der Waals surface area contributed by atoms with Gasteiger partial charge in [0, 0.05) is 12.0 Å². The third kappa shape index (κ3) is 7.52. The van der Waals surface area contributed by atoms with Gasteiger partial charge < -0.3 is 29.2 Å². The van der Waals surface area contributed by atoms with Crippen LogP contribution in [0.1, 0.15) is 48.0 Å². The van der Waals surface area contributed by atoms with E-state index in [-0.39, 0.29) is 13.0 Å². The number of esters is 1. The van der Waals surface area contributed by atoms with Crippen LogP contribution in [-0.4, -0.2) is 77.4 Å². The molecule has 11 nitrogen and oxygen atoms in total. The van der Waals surface area contributed by atoms with Crippen LogP contribution in [0.4, 0.5) is 4.79 Å². The minimum atomic E-state index is -0.984. The fraction of sp³-hybridized carbons (Fsp3) is 0.469. The van der Waals surface area contributed by atoms with E-state index in [9.17, 15) is 14.4 Å². The maximum absolute atomic E-state index is 14.0. The standard InChI is InChI=1S/C32H40N4O7/c1-31(2,3)25(34-30(39)43-32(4,5)6)28(37)36-18-21(17-24(36)29(38)41-8)42-27-22-16-20(40-7)14-15-23(22)33-26(35-27)19-12-10-9-11-13-19/h9-16,21,24-25H,17-18H2,1-8H3,(H,34,39)/t21?,24?,25-/m1/s1. The molecule has 1 saturated heterocycles. The van der Waals surface area contributed by atoms with E-state index in [1.165, 1.54) is 12.0 Å². The van der Waals surface area contributed by atoms with Gasteiger partial charge in [-0.15, -0.1) is 0 Å². The smallest absolute Gasteiger partial charge is 0.408 e. The summed E-state index contributed by atoms with van der Waals surface area (Å²) in [4.78, 5) is 50.5. The molecule has 2 amide bonds. The molecule has 3 atom stereocenters. The molecule has 1 fully saturated rings. The molecule has 1 aliphatic heterocycles. The molecule has 230 valence electrons. The fourth-order valence-corrected chi connectivity index (χ4v) is 4.90. The molecular weight excluding hydrogens is 552 g/mol. The monoisotopic (exact) mass is 592 g/mol. The Morgan fingerprint density at radius 3 is 2.28 bits per heavy atom. The van der Waals surface area contributed by atoms with Gasteiger partial charge in [-0.25, -0.2) is 14.6 Å². The highest BCUT2D eigenvalue weighted by atomic mass is 16.6. The zero-order valence-corrected chi connectivity index (χ0v) is 26.0. The van der Waals surface area contributed by atoms with E-state index in [1.807, 2.05) is 57.2 Å². The summed E-state index contributed by atoms with van der Waals surface area (Å²) in [6.07, 6.45) is -1.17. The first-order valence-corrected chi connectivity index (χ1v) is 14.2. The number of aromatic nitrogens is 2. The van der Waals surface area contributed by atoms with E-state index >= 15 is 0 Å². The van der Waals surface area contributed by atoms with E-state index in [2.05, 4.69) is 5.32 Å². The van der Waals surface area contributed by atoms with Crippen LogP contribution >= 0.6 is 0 Å². The van der Waals surface area contributed by atoms with Crippen molar-refractivity contribution >= 4 is 28.9 Å². The van der Waals surface area contributed by atoms with Crippen molar-refractivity contribution in [3.8, 4) is 23.0 Å². The van der Waals surface area contributed by atoms with Gasteiger partial charge in [-0.1, -0.05) is 51.1 Å². The molecule has 2 aromatic carbocycles. The topological polar surface area (TPSA) is 129 Å². The zero-order valence-electron chi connectivity index (χ0n) is 26.0. The fourth-order valence-electron chi connectivity index (χ4n) is 4.90. The number of likely N-dealkylation sites (tertiary alicyclic amines) is 1. The van der Waals surface area contributed by atoms with E-state index in [1.54, 1.807) is 40.0 Å². The van der Waals surface area contributed by atoms with E-state index in [0.717, 1.165) is 5.56 Å². The molecule has 0 saturated carbocycles. The predicted octanol–water partition coefficient (Wildman–Crippen LogP) is 4.77. The minimum absolute atomic E-state index is 0.0668. The second-order valence-electron chi connectivity index (χ2n) is 12.6. The van der Waals surface area contributed by atoms with Crippen molar-refractivity contribution in [1.29, 1.82) is 0 Å². The second-order valence-corrected chi connectivity index (χ2v) is 12.6. The quantitative estimate of drug-likeness (QED) is 0.386. The summed E-state index contributed by atoms with van der Waals surface area (Å²) in [7, 11) is 2.84. The highest BCUT2D eigenvalue weighted by Gasteiger charge is 2.46. The van der Waals surface area contributed by atoms with Gasteiger partial charge in [-0.2, -0.15) is 4.98 Å². The molecule has 3 aromatic rings. The van der Waals surface area contributed by atoms with Crippen molar-refractivity contribution in [2.24, 2.45) is 5.41 Å². The van der Waals surface area contributed by atoms with Gasteiger partial charge in [-0.3, -0.25) is 4.79 Å². The minimum Gasteiger partial charge on any atom is -0.497 e. The number of hydrogen-bond acceptors (Lipinski definition) is 9. The number of carbonyl (C=O) groups is 3. The average molecular weight is 593 g/mol. The molecular formula is C32H40N4O7. The molecule has 0 radical (unpaired) electrons. The van der Waals surface area contributed by atoms with Crippen LogP contribution in [0.5, 0.6) is 11.6 Å². The first-order chi connectivity index (χ1) is 20.2. The summed E-state index contributed by atoms with van der Waals surface area (Å²) >= 11 is 0. The Kier molecular flexibility index (Phi) is 9.12. The Labute approximate surface area is 251 Å². The molecule has 2 heterocycles. The lowest BCUT2D eigenvalue weighted by Gasteiger charge is -2.35. The lowest BCUT2D eigenvalue weighted by molar-refractivity contribution is -0.152. The SMILES string of the molecule is COC(=O)C1CC(Oc2nc(-c3ccccc3)nc3ccc(OC)cc23)CN1C(=O)[C@@H](NC(=O)OC(C)(C)C)C(C)(C)C. The number of rotatable bonds is 7. The number of fused-ring (bicyclic) bond motifs is 1. The van der Waals surface area contributed by atoms with Gasteiger partial charge in [0.2, 0.25) is 11.8 Å². The number of amides is 2.